The molecule has 0 saturated carbocycles. The van der Waals surface area contributed by atoms with E-state index in [4.69, 9.17) is 5.73 Å². The van der Waals surface area contributed by atoms with Crippen molar-refractivity contribution in [1.29, 1.82) is 0 Å². The lowest BCUT2D eigenvalue weighted by molar-refractivity contribution is 0.600. The van der Waals surface area contributed by atoms with E-state index >= 15 is 0 Å². The monoisotopic (exact) mass is 297 g/mol. The maximum atomic E-state index is 12.3. The van der Waals surface area contributed by atoms with Crippen molar-refractivity contribution >= 4 is 32.2 Å². The molecule has 1 heterocycles. The van der Waals surface area contributed by atoms with Crippen molar-refractivity contribution in [2.24, 2.45) is 0 Å². The van der Waals surface area contributed by atoms with E-state index in [1.54, 1.807) is 19.2 Å². The Morgan fingerprint density at radius 2 is 1.95 bits per heavy atom. The Kier molecular flexibility index (Phi) is 3.51. The lowest BCUT2D eigenvalue weighted by atomic mass is 10.1. The first-order valence-electron chi connectivity index (χ1n) is 5.61. The van der Waals surface area contributed by atoms with Gasteiger partial charge in [-0.3, -0.25) is 4.72 Å². The van der Waals surface area contributed by atoms with Crippen molar-refractivity contribution < 1.29 is 8.42 Å². The van der Waals surface area contributed by atoms with Crippen molar-refractivity contribution in [3.8, 4) is 0 Å². The maximum Gasteiger partial charge on any atom is 0.264 e. The number of sulfonamides is 1. The van der Waals surface area contributed by atoms with Gasteiger partial charge in [-0.1, -0.05) is 0 Å². The first kappa shape index (κ1) is 13.8. The summed E-state index contributed by atoms with van der Waals surface area (Å²) < 4.78 is 27.1. The predicted octanol–water partition coefficient (Wildman–Crippen LogP) is 2.45. The van der Waals surface area contributed by atoms with Crippen LogP contribution in [0.2, 0.25) is 0 Å². The first-order chi connectivity index (χ1) is 8.79. The zero-order chi connectivity index (χ0) is 14.2. The van der Waals surface area contributed by atoms with Gasteiger partial charge in [-0.2, -0.15) is 0 Å². The Labute approximate surface area is 116 Å². The van der Waals surface area contributed by atoms with Gasteiger partial charge in [0.1, 0.15) is 0 Å². The third-order valence-corrected chi connectivity index (χ3v) is 5.20. The topological polar surface area (TPSA) is 85.1 Å². The molecule has 0 bridgehead atoms. The molecule has 2 aromatic rings. The average molecular weight is 297 g/mol. The van der Waals surface area contributed by atoms with Crippen LogP contribution in [-0.2, 0) is 10.0 Å². The summed E-state index contributed by atoms with van der Waals surface area (Å²) in [6.07, 6.45) is 1.62. The van der Waals surface area contributed by atoms with E-state index in [0.29, 0.717) is 16.4 Å². The number of nitrogens with zero attached hydrogens (tertiary/aromatic N) is 1. The molecule has 0 aliphatic carbocycles. The number of anilines is 2. The van der Waals surface area contributed by atoms with Crippen LogP contribution >= 0.6 is 11.3 Å². The number of rotatable bonds is 3. The molecule has 7 heteroatoms. The fourth-order valence-corrected chi connectivity index (χ4v) is 3.96. The third kappa shape index (κ3) is 2.87. The molecule has 0 aliphatic heterocycles. The molecule has 1 aromatic heterocycles. The normalized spacial score (nSPS) is 11.5. The number of hydrogen-bond donors (Lipinski definition) is 2. The van der Waals surface area contributed by atoms with E-state index in [-0.39, 0.29) is 4.90 Å². The molecule has 3 N–H and O–H groups in total. The van der Waals surface area contributed by atoms with Gasteiger partial charge >= 0.3 is 0 Å². The Balaban J connectivity index is 2.45. The summed E-state index contributed by atoms with van der Waals surface area (Å²) in [4.78, 5) is 5.13. The van der Waals surface area contributed by atoms with E-state index in [1.807, 2.05) is 13.8 Å². The smallest absolute Gasteiger partial charge is 0.264 e. The molecule has 0 unspecified atom stereocenters. The third-order valence-electron chi connectivity index (χ3n) is 2.77. The van der Waals surface area contributed by atoms with Crippen LogP contribution in [0.4, 0.5) is 10.8 Å². The van der Waals surface area contributed by atoms with Crippen molar-refractivity contribution in [2.45, 2.75) is 25.7 Å². The summed E-state index contributed by atoms with van der Waals surface area (Å²) in [5, 5.41) is 0.358. The van der Waals surface area contributed by atoms with Gasteiger partial charge in [0.15, 0.2) is 5.13 Å². The van der Waals surface area contributed by atoms with Crippen LogP contribution in [0.25, 0.3) is 0 Å². The van der Waals surface area contributed by atoms with Gasteiger partial charge < -0.3 is 5.73 Å². The van der Waals surface area contributed by atoms with E-state index in [0.717, 1.165) is 10.4 Å². The summed E-state index contributed by atoms with van der Waals surface area (Å²) >= 11 is 1.29. The average Bonchev–Trinajstić information content (AvgIpc) is 2.68. The minimum Gasteiger partial charge on any atom is -0.399 e. The highest BCUT2D eigenvalue weighted by Crippen LogP contribution is 2.26. The molecule has 0 amide bonds. The van der Waals surface area contributed by atoms with Crippen LogP contribution in [0, 0.1) is 20.8 Å². The lowest BCUT2D eigenvalue weighted by Gasteiger charge is -2.11. The van der Waals surface area contributed by atoms with Gasteiger partial charge in [-0.15, -0.1) is 11.3 Å². The van der Waals surface area contributed by atoms with Crippen LogP contribution in [-0.4, -0.2) is 13.4 Å². The second kappa shape index (κ2) is 4.82. The highest BCUT2D eigenvalue weighted by atomic mass is 32.2. The summed E-state index contributed by atoms with van der Waals surface area (Å²) in [5.74, 6) is 0. The number of thiazole rings is 1. The van der Waals surface area contributed by atoms with Crippen molar-refractivity contribution in [3.05, 3.63) is 34.3 Å². The summed E-state index contributed by atoms with van der Waals surface area (Å²) in [6, 6.07) is 3.22. The fourth-order valence-electron chi connectivity index (χ4n) is 1.70. The van der Waals surface area contributed by atoms with Crippen LogP contribution in [0.1, 0.15) is 16.0 Å². The van der Waals surface area contributed by atoms with Crippen molar-refractivity contribution in [3.63, 3.8) is 0 Å². The molecule has 19 heavy (non-hydrogen) atoms. The Hall–Kier alpha value is -1.60. The Bertz CT molecular complexity index is 721. The summed E-state index contributed by atoms with van der Waals surface area (Å²) in [7, 11) is -3.66. The van der Waals surface area contributed by atoms with E-state index < -0.39 is 10.0 Å². The van der Waals surface area contributed by atoms with Gasteiger partial charge in [0, 0.05) is 16.8 Å². The molecule has 0 saturated heterocycles. The molecule has 102 valence electrons. The highest BCUT2D eigenvalue weighted by Gasteiger charge is 2.20. The number of nitrogens with two attached hydrogens (primary N) is 1. The van der Waals surface area contributed by atoms with Crippen LogP contribution in [0.3, 0.4) is 0 Å². The number of benzene rings is 1. The largest absolute Gasteiger partial charge is 0.399 e. The Morgan fingerprint density at radius 1 is 1.26 bits per heavy atom. The first-order valence-corrected chi connectivity index (χ1v) is 7.91. The van der Waals surface area contributed by atoms with Gasteiger partial charge in [0.05, 0.1) is 4.90 Å². The summed E-state index contributed by atoms with van der Waals surface area (Å²) in [5.41, 5.74) is 7.68. The van der Waals surface area contributed by atoms with Crippen LogP contribution < -0.4 is 10.5 Å². The minimum absolute atomic E-state index is 0.192. The molecule has 2 rings (SSSR count). The fraction of sp³-hybridized carbons (Fsp3) is 0.250. The molecular formula is C12H15N3O2S2. The second-order valence-electron chi connectivity index (χ2n) is 4.34. The zero-order valence-corrected chi connectivity index (χ0v) is 12.5. The molecule has 0 radical (unpaired) electrons. The number of nitrogen functional groups attached to an aromatic ring is 1. The standard InChI is InChI=1S/C12H15N3O2S2/c1-7-4-10(13)5-11(9(7)3)19(16,17)15-12-14-6-8(2)18-12/h4-6H,13H2,1-3H3,(H,14,15). The molecular weight excluding hydrogens is 282 g/mol. The minimum atomic E-state index is -3.66. The number of hydrogen-bond acceptors (Lipinski definition) is 5. The van der Waals surface area contributed by atoms with Crippen LogP contribution in [0.5, 0.6) is 0 Å². The number of aromatic nitrogens is 1. The van der Waals surface area contributed by atoms with Gasteiger partial charge in [-0.25, -0.2) is 13.4 Å². The van der Waals surface area contributed by atoms with Crippen molar-refractivity contribution in [2.75, 3.05) is 10.5 Å². The van der Waals surface area contributed by atoms with E-state index in [1.165, 1.54) is 17.4 Å². The van der Waals surface area contributed by atoms with Crippen molar-refractivity contribution in [1.82, 2.24) is 4.98 Å². The Morgan fingerprint density at radius 3 is 2.53 bits per heavy atom. The second-order valence-corrected chi connectivity index (χ2v) is 7.23. The zero-order valence-electron chi connectivity index (χ0n) is 10.9. The highest BCUT2D eigenvalue weighted by molar-refractivity contribution is 7.93. The quantitative estimate of drug-likeness (QED) is 0.852. The molecule has 0 atom stereocenters. The molecule has 1 aromatic carbocycles. The molecule has 5 nitrogen and oxygen atoms in total. The summed E-state index contributed by atoms with van der Waals surface area (Å²) in [6.45, 7) is 5.46. The van der Waals surface area contributed by atoms with E-state index in [2.05, 4.69) is 9.71 Å². The number of aryl methyl sites for hydroxylation is 2. The predicted molar refractivity (Wildman–Crippen MR) is 78.0 cm³/mol. The number of nitrogens with one attached hydrogen (secondary N) is 1. The molecule has 0 fully saturated rings. The van der Waals surface area contributed by atoms with Crippen LogP contribution in [0.15, 0.2) is 23.2 Å². The van der Waals surface area contributed by atoms with Gasteiger partial charge in [0.25, 0.3) is 10.0 Å². The van der Waals surface area contributed by atoms with Gasteiger partial charge in [0.2, 0.25) is 0 Å². The molecule has 0 aliphatic rings. The lowest BCUT2D eigenvalue weighted by Crippen LogP contribution is -2.15. The van der Waals surface area contributed by atoms with Gasteiger partial charge in [-0.05, 0) is 44.0 Å². The maximum absolute atomic E-state index is 12.3. The molecule has 0 spiro atoms. The van der Waals surface area contributed by atoms with E-state index in [9.17, 15) is 8.42 Å². The SMILES string of the molecule is Cc1cnc(NS(=O)(=O)c2cc(N)cc(C)c2C)s1.